The van der Waals surface area contributed by atoms with E-state index in [1.165, 1.54) is 5.56 Å². The molecule has 0 saturated carbocycles. The molecule has 0 saturated heterocycles. The number of benzene rings is 1. The Labute approximate surface area is 115 Å². The monoisotopic (exact) mass is 264 g/mol. The highest BCUT2D eigenvalue weighted by atomic mass is 16.5. The molecule has 1 atom stereocenters. The van der Waals surface area contributed by atoms with Crippen LogP contribution in [0.25, 0.3) is 0 Å². The molecule has 4 heteroatoms. The molecule has 0 radical (unpaired) electrons. The van der Waals surface area contributed by atoms with Crippen LogP contribution in [0.5, 0.6) is 0 Å². The zero-order valence-corrected chi connectivity index (χ0v) is 12.3. The molecule has 0 aromatic heterocycles. The third kappa shape index (κ3) is 4.24. The zero-order valence-electron chi connectivity index (χ0n) is 12.3. The van der Waals surface area contributed by atoms with Crippen molar-refractivity contribution < 1.29 is 9.53 Å². The maximum atomic E-state index is 11.7. The summed E-state index contributed by atoms with van der Waals surface area (Å²) in [6.07, 6.45) is 0.552. The lowest BCUT2D eigenvalue weighted by Crippen LogP contribution is -2.48. The third-order valence-electron chi connectivity index (χ3n) is 3.23. The van der Waals surface area contributed by atoms with Crippen molar-refractivity contribution in [1.29, 1.82) is 0 Å². The van der Waals surface area contributed by atoms with Crippen LogP contribution in [0.15, 0.2) is 24.3 Å². The molecule has 2 N–H and O–H groups in total. The smallest absolute Gasteiger partial charge is 0.325 e. The highest BCUT2D eigenvalue weighted by Crippen LogP contribution is 2.19. The molecule has 1 unspecified atom stereocenters. The average Bonchev–Trinajstić information content (AvgIpc) is 2.37. The lowest BCUT2D eigenvalue weighted by atomic mass is 9.99. The fourth-order valence-corrected chi connectivity index (χ4v) is 1.91. The first-order valence-corrected chi connectivity index (χ1v) is 6.61. The molecule has 1 rings (SSSR count). The van der Waals surface area contributed by atoms with Crippen molar-refractivity contribution in [1.82, 2.24) is 0 Å². The summed E-state index contributed by atoms with van der Waals surface area (Å²) in [4.78, 5) is 13.8. The number of hydrogen-bond donors (Lipinski definition) is 1. The van der Waals surface area contributed by atoms with E-state index >= 15 is 0 Å². The number of carbonyl (C=O) groups excluding carboxylic acids is 1. The Morgan fingerprint density at radius 1 is 1.42 bits per heavy atom. The number of anilines is 1. The Hall–Kier alpha value is -1.55. The van der Waals surface area contributed by atoms with E-state index in [2.05, 4.69) is 24.0 Å². The maximum Gasteiger partial charge on any atom is 0.325 e. The van der Waals surface area contributed by atoms with Gasteiger partial charge in [-0.25, -0.2) is 0 Å². The van der Waals surface area contributed by atoms with E-state index in [9.17, 15) is 4.79 Å². The Bertz CT molecular complexity index is 430. The van der Waals surface area contributed by atoms with Gasteiger partial charge in [-0.1, -0.05) is 18.2 Å². The standard InChI is InChI=1S/C15H24N2O2/c1-5-19-14(18)15(3,16)10-11-17(4)13-9-7-6-8-12(13)2/h6-9H,5,10-11,16H2,1-4H3. The Morgan fingerprint density at radius 3 is 2.63 bits per heavy atom. The van der Waals surface area contributed by atoms with Gasteiger partial charge in [0.15, 0.2) is 0 Å². The zero-order chi connectivity index (χ0) is 14.5. The first-order valence-electron chi connectivity index (χ1n) is 6.61. The van der Waals surface area contributed by atoms with Gasteiger partial charge in [0.1, 0.15) is 5.54 Å². The second-order valence-electron chi connectivity index (χ2n) is 5.10. The van der Waals surface area contributed by atoms with Crippen LogP contribution in [0.1, 0.15) is 25.8 Å². The number of rotatable bonds is 6. The van der Waals surface area contributed by atoms with Crippen LogP contribution in [0.3, 0.4) is 0 Å². The van der Waals surface area contributed by atoms with Crippen LogP contribution >= 0.6 is 0 Å². The highest BCUT2D eigenvalue weighted by Gasteiger charge is 2.29. The van der Waals surface area contributed by atoms with Crippen LogP contribution in [0.2, 0.25) is 0 Å². The molecule has 0 spiro atoms. The summed E-state index contributed by atoms with van der Waals surface area (Å²) >= 11 is 0. The quantitative estimate of drug-likeness (QED) is 0.799. The second kappa shape index (κ2) is 6.57. The van der Waals surface area contributed by atoms with E-state index in [-0.39, 0.29) is 5.97 Å². The van der Waals surface area contributed by atoms with Crippen molar-refractivity contribution in [3.63, 3.8) is 0 Å². The Morgan fingerprint density at radius 2 is 2.05 bits per heavy atom. The molecule has 0 heterocycles. The van der Waals surface area contributed by atoms with E-state index in [0.717, 1.165) is 5.69 Å². The molecule has 0 fully saturated rings. The fraction of sp³-hybridized carbons (Fsp3) is 0.533. The molecule has 19 heavy (non-hydrogen) atoms. The molecule has 1 aromatic rings. The first kappa shape index (κ1) is 15.5. The number of esters is 1. The van der Waals surface area contributed by atoms with Gasteiger partial charge in [-0.2, -0.15) is 0 Å². The number of ether oxygens (including phenoxy) is 1. The molecule has 1 aromatic carbocycles. The predicted molar refractivity (Wildman–Crippen MR) is 78.3 cm³/mol. The topological polar surface area (TPSA) is 55.6 Å². The SMILES string of the molecule is CCOC(=O)C(C)(N)CCN(C)c1ccccc1C. The molecule has 0 aliphatic rings. The largest absolute Gasteiger partial charge is 0.465 e. The number of nitrogens with two attached hydrogens (primary N) is 1. The minimum atomic E-state index is -0.938. The average molecular weight is 264 g/mol. The molecular weight excluding hydrogens is 240 g/mol. The van der Waals surface area contributed by atoms with Gasteiger partial charge in [0.2, 0.25) is 0 Å². The van der Waals surface area contributed by atoms with Crippen molar-refractivity contribution in [3.8, 4) is 0 Å². The summed E-state index contributed by atoms with van der Waals surface area (Å²) in [6, 6.07) is 8.15. The number of para-hydroxylation sites is 1. The highest BCUT2D eigenvalue weighted by molar-refractivity contribution is 5.80. The molecule has 106 valence electrons. The number of hydrogen-bond acceptors (Lipinski definition) is 4. The van der Waals surface area contributed by atoms with E-state index in [1.54, 1.807) is 13.8 Å². The van der Waals surface area contributed by atoms with Gasteiger partial charge in [0.25, 0.3) is 0 Å². The van der Waals surface area contributed by atoms with Crippen LogP contribution in [-0.2, 0) is 9.53 Å². The van der Waals surface area contributed by atoms with Crippen molar-refractivity contribution in [2.45, 2.75) is 32.7 Å². The third-order valence-corrected chi connectivity index (χ3v) is 3.23. The number of aryl methyl sites for hydroxylation is 1. The summed E-state index contributed by atoms with van der Waals surface area (Å²) in [5, 5.41) is 0. The van der Waals surface area contributed by atoms with E-state index < -0.39 is 5.54 Å². The fourth-order valence-electron chi connectivity index (χ4n) is 1.91. The van der Waals surface area contributed by atoms with Crippen LogP contribution < -0.4 is 10.6 Å². The Balaban J connectivity index is 2.61. The molecule has 4 nitrogen and oxygen atoms in total. The van der Waals surface area contributed by atoms with Gasteiger partial charge in [-0.3, -0.25) is 4.79 Å². The van der Waals surface area contributed by atoms with Gasteiger partial charge < -0.3 is 15.4 Å². The number of carbonyl (C=O) groups is 1. The predicted octanol–water partition coefficient (Wildman–Crippen LogP) is 2.10. The van der Waals surface area contributed by atoms with Crippen LogP contribution in [0, 0.1) is 6.92 Å². The van der Waals surface area contributed by atoms with Gasteiger partial charge in [0, 0.05) is 19.3 Å². The molecule has 0 aliphatic heterocycles. The summed E-state index contributed by atoms with van der Waals surface area (Å²) < 4.78 is 4.99. The molecular formula is C15H24N2O2. The molecule has 0 aliphatic carbocycles. The van der Waals surface area contributed by atoms with Crippen molar-refractivity contribution in [2.75, 3.05) is 25.1 Å². The summed E-state index contributed by atoms with van der Waals surface area (Å²) in [5.74, 6) is -0.340. The summed E-state index contributed by atoms with van der Waals surface area (Å²) in [6.45, 7) is 6.64. The minimum Gasteiger partial charge on any atom is -0.465 e. The lowest BCUT2D eigenvalue weighted by molar-refractivity contribution is -0.149. The van der Waals surface area contributed by atoms with Crippen molar-refractivity contribution in [3.05, 3.63) is 29.8 Å². The second-order valence-corrected chi connectivity index (χ2v) is 5.10. The Kier molecular flexibility index (Phi) is 5.36. The summed E-state index contributed by atoms with van der Waals surface area (Å²) in [7, 11) is 2.00. The van der Waals surface area contributed by atoms with Crippen LogP contribution in [-0.4, -0.2) is 31.7 Å². The van der Waals surface area contributed by atoms with Crippen LogP contribution in [0.4, 0.5) is 5.69 Å². The lowest BCUT2D eigenvalue weighted by Gasteiger charge is -2.27. The maximum absolute atomic E-state index is 11.7. The molecule has 0 bridgehead atoms. The van der Waals surface area contributed by atoms with Gasteiger partial charge in [-0.15, -0.1) is 0 Å². The number of nitrogens with zero attached hydrogens (tertiary/aromatic N) is 1. The van der Waals surface area contributed by atoms with Gasteiger partial charge in [-0.05, 0) is 38.8 Å². The van der Waals surface area contributed by atoms with E-state index in [0.29, 0.717) is 19.6 Å². The van der Waals surface area contributed by atoms with Gasteiger partial charge in [0.05, 0.1) is 6.61 Å². The van der Waals surface area contributed by atoms with E-state index in [1.807, 2.05) is 19.2 Å². The van der Waals surface area contributed by atoms with Crippen molar-refractivity contribution >= 4 is 11.7 Å². The first-order chi connectivity index (χ1) is 8.88. The van der Waals surface area contributed by atoms with Gasteiger partial charge >= 0.3 is 5.97 Å². The summed E-state index contributed by atoms with van der Waals surface area (Å²) in [5.41, 5.74) is 7.43. The minimum absolute atomic E-state index is 0.340. The molecule has 0 amide bonds. The van der Waals surface area contributed by atoms with E-state index in [4.69, 9.17) is 10.5 Å². The normalized spacial score (nSPS) is 13.7. The van der Waals surface area contributed by atoms with Crippen molar-refractivity contribution in [2.24, 2.45) is 5.73 Å².